The van der Waals surface area contributed by atoms with Gasteiger partial charge in [0.15, 0.2) is 20.4 Å². The van der Waals surface area contributed by atoms with E-state index in [1.807, 2.05) is 25.6 Å². The van der Waals surface area contributed by atoms with E-state index in [2.05, 4.69) is 25.1 Å². The van der Waals surface area contributed by atoms with Gasteiger partial charge in [0, 0.05) is 53.1 Å². The minimum Gasteiger partial charge on any atom is -0.340 e. The van der Waals surface area contributed by atoms with Crippen LogP contribution in [0, 0.1) is 13.8 Å². The monoisotopic (exact) mass is 404 g/mol. The quantitative estimate of drug-likeness (QED) is 0.620. The van der Waals surface area contributed by atoms with E-state index in [0.717, 1.165) is 36.3 Å². The Morgan fingerprint density at radius 3 is 2.54 bits per heavy atom. The zero-order chi connectivity index (χ0) is 20.1. The van der Waals surface area contributed by atoms with Gasteiger partial charge in [0.1, 0.15) is 11.5 Å². The summed E-state index contributed by atoms with van der Waals surface area (Å²) in [4.78, 5) is 10.3. The lowest BCUT2D eigenvalue weighted by atomic mass is 10.2. The van der Waals surface area contributed by atoms with Gasteiger partial charge in [-0.1, -0.05) is 9.61 Å². The summed E-state index contributed by atoms with van der Waals surface area (Å²) < 4.78 is 28.1. The van der Waals surface area contributed by atoms with Crippen LogP contribution >= 0.6 is 0 Å². The maximum Gasteiger partial charge on any atom is 0.324 e. The van der Waals surface area contributed by atoms with Gasteiger partial charge in [-0.15, -0.1) is 5.10 Å². The van der Waals surface area contributed by atoms with Crippen LogP contribution in [-0.4, -0.2) is 52.1 Å². The Bertz CT molecular complexity index is 1140. The highest BCUT2D eigenvalue weighted by Crippen LogP contribution is 2.19. The van der Waals surface area contributed by atoms with Gasteiger partial charge < -0.3 is 4.90 Å². The molecule has 0 atom stereocenters. The summed E-state index contributed by atoms with van der Waals surface area (Å²) in [6, 6.07) is 1.66. The molecule has 0 bridgehead atoms. The van der Waals surface area contributed by atoms with Crippen LogP contribution in [0.4, 0.5) is 5.95 Å². The van der Waals surface area contributed by atoms with Crippen molar-refractivity contribution in [3.63, 3.8) is 0 Å². The second-order valence-corrected chi connectivity index (χ2v) is 9.50. The highest BCUT2D eigenvalue weighted by atomic mass is 32.2. The number of nitrogens with one attached hydrogen (secondary N) is 1. The van der Waals surface area contributed by atoms with Crippen molar-refractivity contribution in [2.24, 2.45) is 7.05 Å². The number of sulfone groups is 1. The standard InChI is InChI=1S/C18H25N7O2S/c1-12-13(2)25-17(19-12)15(28(4,26)27)11-14(21-25)7-8-16-20-18(22-23(16)3)24-9-5-6-10-24/h11H,5-10H2,1-4H3/p+1. The maximum absolute atomic E-state index is 12.3. The third-order valence-corrected chi connectivity index (χ3v) is 6.48. The molecular weight excluding hydrogens is 378 g/mol. The number of hydrogen-bond donors (Lipinski definition) is 0. The molecule has 0 saturated carbocycles. The van der Waals surface area contributed by atoms with E-state index in [-0.39, 0.29) is 4.90 Å². The topological polar surface area (TPSA) is 99.5 Å². The largest absolute Gasteiger partial charge is 0.340 e. The molecule has 10 heteroatoms. The van der Waals surface area contributed by atoms with Gasteiger partial charge in [0.05, 0.1) is 5.69 Å². The number of aryl methyl sites for hydroxylation is 5. The summed E-state index contributed by atoms with van der Waals surface area (Å²) in [5, 5.41) is 9.19. The Morgan fingerprint density at radius 2 is 1.86 bits per heavy atom. The first-order valence-electron chi connectivity index (χ1n) is 9.50. The Hall–Kier alpha value is -2.49. The van der Waals surface area contributed by atoms with Gasteiger partial charge in [-0.25, -0.2) is 13.4 Å². The molecule has 4 rings (SSSR count). The molecule has 4 heterocycles. The first-order valence-corrected chi connectivity index (χ1v) is 11.4. The van der Waals surface area contributed by atoms with Crippen molar-refractivity contribution in [3.8, 4) is 0 Å². The van der Waals surface area contributed by atoms with Crippen molar-refractivity contribution in [2.75, 3.05) is 24.2 Å². The fourth-order valence-corrected chi connectivity index (χ4v) is 4.47. The van der Waals surface area contributed by atoms with Crippen LogP contribution in [0.3, 0.4) is 0 Å². The Balaban J connectivity index is 1.64. The smallest absolute Gasteiger partial charge is 0.324 e. The summed E-state index contributed by atoms with van der Waals surface area (Å²) in [6.45, 7) is 5.84. The molecule has 1 saturated heterocycles. The van der Waals surface area contributed by atoms with E-state index >= 15 is 0 Å². The molecule has 150 valence electrons. The van der Waals surface area contributed by atoms with Gasteiger partial charge in [0.2, 0.25) is 5.95 Å². The summed E-state index contributed by atoms with van der Waals surface area (Å²) in [7, 11) is -1.49. The molecule has 28 heavy (non-hydrogen) atoms. The number of aromatic amines is 1. The van der Waals surface area contributed by atoms with E-state index < -0.39 is 9.84 Å². The molecule has 0 spiro atoms. The minimum absolute atomic E-state index is 0.268. The third kappa shape index (κ3) is 3.36. The first kappa shape index (κ1) is 18.9. The lowest BCUT2D eigenvalue weighted by Crippen LogP contribution is -2.19. The van der Waals surface area contributed by atoms with Crippen molar-refractivity contribution in [1.29, 1.82) is 0 Å². The number of nitrogens with zero attached hydrogens (tertiary/aromatic N) is 6. The van der Waals surface area contributed by atoms with Crippen molar-refractivity contribution >= 4 is 21.4 Å². The van der Waals surface area contributed by atoms with Crippen molar-refractivity contribution < 1.29 is 13.4 Å². The Kier molecular flexibility index (Phi) is 4.60. The van der Waals surface area contributed by atoms with Crippen LogP contribution in [0.2, 0.25) is 0 Å². The second-order valence-electron chi connectivity index (χ2n) is 7.51. The summed E-state index contributed by atoms with van der Waals surface area (Å²) in [6.07, 6.45) is 4.81. The average molecular weight is 405 g/mol. The molecule has 1 fully saturated rings. The molecule has 3 aromatic heterocycles. The van der Waals surface area contributed by atoms with Crippen LogP contribution in [0.15, 0.2) is 11.0 Å². The number of fused-ring (bicyclic) bond motifs is 1. The van der Waals surface area contributed by atoms with E-state index in [1.165, 1.54) is 19.1 Å². The average Bonchev–Trinajstić information content (AvgIpc) is 3.33. The fourth-order valence-electron chi connectivity index (χ4n) is 3.63. The van der Waals surface area contributed by atoms with Crippen molar-refractivity contribution in [3.05, 3.63) is 29.0 Å². The Labute approximate surface area is 164 Å². The van der Waals surface area contributed by atoms with Crippen LogP contribution in [0.1, 0.15) is 35.7 Å². The van der Waals surface area contributed by atoms with Gasteiger partial charge in [-0.3, -0.25) is 4.68 Å². The second kappa shape index (κ2) is 6.84. The molecular formula is C18H26N7O2S+. The zero-order valence-electron chi connectivity index (χ0n) is 16.7. The molecule has 1 N–H and O–H groups in total. The van der Waals surface area contributed by atoms with Crippen LogP contribution in [-0.2, 0) is 29.7 Å². The summed E-state index contributed by atoms with van der Waals surface area (Å²) in [5.74, 6) is 1.65. The SMILES string of the molecule is Cc1[nH+]c2c(S(C)(=O)=O)cc(CCc3nc(N4CCCC4)nn3C)nn2c1C. The molecule has 1 aliphatic heterocycles. The maximum atomic E-state index is 12.3. The molecule has 3 aromatic rings. The van der Waals surface area contributed by atoms with E-state index in [1.54, 1.807) is 10.6 Å². The highest BCUT2D eigenvalue weighted by molar-refractivity contribution is 7.90. The van der Waals surface area contributed by atoms with Gasteiger partial charge >= 0.3 is 5.65 Å². The van der Waals surface area contributed by atoms with Crippen LogP contribution in [0.25, 0.3) is 5.65 Å². The predicted octanol–water partition coefficient (Wildman–Crippen LogP) is 0.683. The molecule has 0 aliphatic carbocycles. The van der Waals surface area contributed by atoms with Gasteiger partial charge in [-0.05, 0) is 18.9 Å². The minimum atomic E-state index is -3.39. The van der Waals surface area contributed by atoms with Gasteiger partial charge in [-0.2, -0.15) is 4.98 Å². The Morgan fingerprint density at radius 1 is 1.14 bits per heavy atom. The zero-order valence-corrected chi connectivity index (χ0v) is 17.5. The summed E-state index contributed by atoms with van der Waals surface area (Å²) >= 11 is 0. The molecule has 0 aromatic carbocycles. The first-order chi connectivity index (χ1) is 13.2. The molecule has 0 radical (unpaired) electrons. The van der Waals surface area contributed by atoms with E-state index in [9.17, 15) is 8.42 Å². The highest BCUT2D eigenvalue weighted by Gasteiger charge is 2.25. The normalized spacial score (nSPS) is 15.1. The number of hydrogen-bond acceptors (Lipinski definition) is 6. The van der Waals surface area contributed by atoms with Crippen molar-refractivity contribution in [2.45, 2.75) is 44.4 Å². The lowest BCUT2D eigenvalue weighted by molar-refractivity contribution is -0.356. The fraction of sp³-hybridized carbons (Fsp3) is 0.556. The van der Waals surface area contributed by atoms with E-state index in [0.29, 0.717) is 24.2 Å². The van der Waals surface area contributed by atoms with E-state index in [4.69, 9.17) is 0 Å². The third-order valence-electron chi connectivity index (χ3n) is 5.37. The van der Waals surface area contributed by atoms with Crippen LogP contribution < -0.4 is 9.88 Å². The van der Waals surface area contributed by atoms with Crippen LogP contribution in [0.5, 0.6) is 0 Å². The lowest BCUT2D eigenvalue weighted by Gasteiger charge is -2.10. The number of imidazole rings is 1. The molecule has 1 aliphatic rings. The molecule has 9 nitrogen and oxygen atoms in total. The van der Waals surface area contributed by atoms with Gasteiger partial charge in [0.25, 0.3) is 0 Å². The number of H-pyrrole nitrogens is 1. The predicted molar refractivity (Wildman–Crippen MR) is 104 cm³/mol. The number of aromatic nitrogens is 6. The van der Waals surface area contributed by atoms with Crippen molar-refractivity contribution in [1.82, 2.24) is 24.4 Å². The molecule has 0 unspecified atom stereocenters. The molecule has 0 amide bonds. The summed E-state index contributed by atoms with van der Waals surface area (Å²) in [5.41, 5.74) is 3.02. The number of rotatable bonds is 5. The number of anilines is 1.